The standard InChI is InChI=1S/C12H13BrN2O2/c1-12(2,13)11(16)15-9-3-5-10(6-4-9)17-8-7-14/h3-6H,8H2,1-2H3,(H,15,16). The molecule has 5 heteroatoms. The molecule has 17 heavy (non-hydrogen) atoms. The third kappa shape index (κ3) is 4.45. The highest BCUT2D eigenvalue weighted by atomic mass is 79.9. The first-order valence-electron chi connectivity index (χ1n) is 5.03. The van der Waals surface area contributed by atoms with E-state index in [4.69, 9.17) is 10.00 Å². The summed E-state index contributed by atoms with van der Waals surface area (Å²) in [6, 6.07) is 8.74. The van der Waals surface area contributed by atoms with Crippen molar-refractivity contribution in [2.24, 2.45) is 0 Å². The number of benzene rings is 1. The van der Waals surface area contributed by atoms with Gasteiger partial charge < -0.3 is 10.1 Å². The van der Waals surface area contributed by atoms with Gasteiger partial charge in [-0.3, -0.25) is 4.79 Å². The van der Waals surface area contributed by atoms with E-state index in [0.29, 0.717) is 11.4 Å². The van der Waals surface area contributed by atoms with Crippen molar-refractivity contribution in [3.63, 3.8) is 0 Å². The predicted molar refractivity (Wildman–Crippen MR) is 69.2 cm³/mol. The normalized spacial score (nSPS) is 10.5. The van der Waals surface area contributed by atoms with Gasteiger partial charge in [0.1, 0.15) is 11.8 Å². The van der Waals surface area contributed by atoms with Crippen LogP contribution in [0.4, 0.5) is 5.69 Å². The van der Waals surface area contributed by atoms with Gasteiger partial charge in [0.05, 0.1) is 4.32 Å². The number of carbonyl (C=O) groups is 1. The van der Waals surface area contributed by atoms with Gasteiger partial charge >= 0.3 is 0 Å². The minimum absolute atomic E-state index is 0.0140. The van der Waals surface area contributed by atoms with Gasteiger partial charge in [-0.25, -0.2) is 0 Å². The second-order valence-corrected chi connectivity index (χ2v) is 5.88. The monoisotopic (exact) mass is 296 g/mol. The molecule has 90 valence electrons. The lowest BCUT2D eigenvalue weighted by Gasteiger charge is -2.15. The fraction of sp³-hybridized carbons (Fsp3) is 0.333. The lowest BCUT2D eigenvalue weighted by Crippen LogP contribution is -2.30. The summed E-state index contributed by atoms with van der Waals surface area (Å²) in [5, 5.41) is 11.1. The van der Waals surface area contributed by atoms with Crippen LogP contribution in [0.5, 0.6) is 5.75 Å². The molecule has 0 atom stereocenters. The average Bonchev–Trinajstić information content (AvgIpc) is 2.27. The summed E-state index contributed by atoms with van der Waals surface area (Å²) in [4.78, 5) is 11.7. The number of nitriles is 1. The van der Waals surface area contributed by atoms with Gasteiger partial charge in [0, 0.05) is 5.69 Å². The van der Waals surface area contributed by atoms with E-state index < -0.39 is 4.32 Å². The highest BCUT2D eigenvalue weighted by Crippen LogP contribution is 2.20. The van der Waals surface area contributed by atoms with E-state index in [-0.39, 0.29) is 12.5 Å². The molecule has 1 aromatic rings. The Morgan fingerprint density at radius 1 is 1.47 bits per heavy atom. The number of hydrogen-bond acceptors (Lipinski definition) is 3. The van der Waals surface area contributed by atoms with Gasteiger partial charge in [0.25, 0.3) is 0 Å². The summed E-state index contributed by atoms with van der Waals surface area (Å²) >= 11 is 3.28. The minimum atomic E-state index is -0.608. The van der Waals surface area contributed by atoms with Crippen molar-refractivity contribution in [2.75, 3.05) is 11.9 Å². The zero-order chi connectivity index (χ0) is 12.9. The van der Waals surface area contributed by atoms with E-state index >= 15 is 0 Å². The van der Waals surface area contributed by atoms with Crippen molar-refractivity contribution in [3.8, 4) is 11.8 Å². The number of anilines is 1. The van der Waals surface area contributed by atoms with Crippen LogP contribution in [-0.2, 0) is 4.79 Å². The van der Waals surface area contributed by atoms with E-state index in [2.05, 4.69) is 21.2 Å². The molecule has 0 spiro atoms. The van der Waals surface area contributed by atoms with Crippen LogP contribution in [0.15, 0.2) is 24.3 Å². The summed E-state index contributed by atoms with van der Waals surface area (Å²) in [6.07, 6.45) is 0. The molecular weight excluding hydrogens is 284 g/mol. The first-order chi connectivity index (χ1) is 7.93. The summed E-state index contributed by atoms with van der Waals surface area (Å²) in [5.74, 6) is 0.478. The maximum absolute atomic E-state index is 11.7. The first kappa shape index (κ1) is 13.5. The third-order valence-electron chi connectivity index (χ3n) is 1.96. The number of nitrogens with zero attached hydrogens (tertiary/aromatic N) is 1. The maximum Gasteiger partial charge on any atom is 0.240 e. The van der Waals surface area contributed by atoms with Gasteiger partial charge in [-0.1, -0.05) is 15.9 Å². The summed E-state index contributed by atoms with van der Waals surface area (Å²) < 4.78 is 4.49. The van der Waals surface area contributed by atoms with Crippen LogP contribution in [0, 0.1) is 11.3 Å². The first-order valence-corrected chi connectivity index (χ1v) is 5.83. The number of halogens is 1. The molecule has 0 aromatic heterocycles. The molecule has 0 aliphatic heterocycles. The molecule has 1 amide bonds. The number of nitrogens with one attached hydrogen (secondary N) is 1. The smallest absolute Gasteiger partial charge is 0.240 e. The molecule has 0 aliphatic carbocycles. The van der Waals surface area contributed by atoms with Crippen LogP contribution in [0.3, 0.4) is 0 Å². The Morgan fingerprint density at radius 2 is 2.06 bits per heavy atom. The van der Waals surface area contributed by atoms with Crippen LogP contribution in [0.1, 0.15) is 13.8 Å². The molecule has 0 bridgehead atoms. The van der Waals surface area contributed by atoms with E-state index in [1.165, 1.54) is 0 Å². The second-order valence-electron chi connectivity index (χ2n) is 3.90. The molecule has 4 nitrogen and oxygen atoms in total. The molecule has 0 saturated carbocycles. The Hall–Kier alpha value is -1.54. The van der Waals surface area contributed by atoms with Crippen molar-refractivity contribution in [2.45, 2.75) is 18.2 Å². The minimum Gasteiger partial charge on any atom is -0.479 e. The van der Waals surface area contributed by atoms with Crippen LogP contribution in [0.2, 0.25) is 0 Å². The fourth-order valence-electron chi connectivity index (χ4n) is 1.03. The van der Waals surface area contributed by atoms with Crippen LogP contribution in [0.25, 0.3) is 0 Å². The number of alkyl halides is 1. The number of ether oxygens (including phenoxy) is 1. The number of carbonyl (C=O) groups excluding carboxylic acids is 1. The van der Waals surface area contributed by atoms with E-state index in [0.717, 1.165) is 0 Å². The Morgan fingerprint density at radius 3 is 2.53 bits per heavy atom. The highest BCUT2D eigenvalue weighted by Gasteiger charge is 2.23. The van der Waals surface area contributed by atoms with Crippen LogP contribution < -0.4 is 10.1 Å². The van der Waals surface area contributed by atoms with E-state index in [1.54, 1.807) is 38.1 Å². The quantitative estimate of drug-likeness (QED) is 0.869. The van der Waals surface area contributed by atoms with Gasteiger partial charge in [0.15, 0.2) is 6.61 Å². The molecule has 1 rings (SSSR count). The van der Waals surface area contributed by atoms with Crippen LogP contribution in [-0.4, -0.2) is 16.8 Å². The number of hydrogen-bond donors (Lipinski definition) is 1. The molecule has 0 heterocycles. The molecule has 0 unspecified atom stereocenters. The van der Waals surface area contributed by atoms with Gasteiger partial charge in [-0.2, -0.15) is 5.26 Å². The van der Waals surface area contributed by atoms with Gasteiger partial charge in [0.2, 0.25) is 5.91 Å². The molecule has 0 radical (unpaired) electrons. The number of amides is 1. The van der Waals surface area contributed by atoms with Crippen molar-refractivity contribution < 1.29 is 9.53 Å². The molecule has 1 N–H and O–H groups in total. The largest absolute Gasteiger partial charge is 0.479 e. The zero-order valence-corrected chi connectivity index (χ0v) is 11.2. The van der Waals surface area contributed by atoms with Crippen molar-refractivity contribution in [1.29, 1.82) is 5.26 Å². The van der Waals surface area contributed by atoms with Crippen molar-refractivity contribution >= 4 is 27.5 Å². The molecule has 1 aromatic carbocycles. The van der Waals surface area contributed by atoms with Gasteiger partial charge in [-0.15, -0.1) is 0 Å². The van der Waals surface area contributed by atoms with Crippen molar-refractivity contribution in [1.82, 2.24) is 0 Å². The van der Waals surface area contributed by atoms with Crippen molar-refractivity contribution in [3.05, 3.63) is 24.3 Å². The maximum atomic E-state index is 11.7. The Balaban J connectivity index is 2.63. The zero-order valence-electron chi connectivity index (χ0n) is 9.66. The van der Waals surface area contributed by atoms with E-state index in [9.17, 15) is 4.79 Å². The molecular formula is C12H13BrN2O2. The Bertz CT molecular complexity index is 429. The fourth-order valence-corrected chi connectivity index (χ4v) is 1.13. The average molecular weight is 297 g/mol. The summed E-state index contributed by atoms with van der Waals surface area (Å²) in [7, 11) is 0. The van der Waals surface area contributed by atoms with Crippen LogP contribution >= 0.6 is 15.9 Å². The molecule has 0 aliphatic rings. The van der Waals surface area contributed by atoms with E-state index in [1.807, 2.05) is 6.07 Å². The lowest BCUT2D eigenvalue weighted by atomic mass is 10.2. The number of rotatable bonds is 4. The highest BCUT2D eigenvalue weighted by molar-refractivity contribution is 9.10. The topological polar surface area (TPSA) is 62.1 Å². The molecule has 0 fully saturated rings. The Labute approximate surface area is 109 Å². The molecule has 0 saturated heterocycles. The summed E-state index contributed by atoms with van der Waals surface area (Å²) in [5.41, 5.74) is 0.687. The lowest BCUT2D eigenvalue weighted by molar-refractivity contribution is -0.117. The van der Waals surface area contributed by atoms with Gasteiger partial charge in [-0.05, 0) is 38.1 Å². The second kappa shape index (κ2) is 5.69. The summed E-state index contributed by atoms with van der Waals surface area (Å²) in [6.45, 7) is 3.56. The Kier molecular flexibility index (Phi) is 4.53. The SMILES string of the molecule is CC(C)(Br)C(=O)Nc1ccc(OCC#N)cc1. The third-order valence-corrected chi connectivity index (χ3v) is 2.32. The predicted octanol–water partition coefficient (Wildman–Crippen LogP) is 2.70.